The Labute approximate surface area is 150 Å². The van der Waals surface area contributed by atoms with E-state index >= 15 is 0 Å². The van der Waals surface area contributed by atoms with E-state index in [9.17, 15) is 9.59 Å². The summed E-state index contributed by atoms with van der Waals surface area (Å²) in [4.78, 5) is 25.1. The van der Waals surface area contributed by atoms with Gasteiger partial charge in [0.15, 0.2) is 6.10 Å². The van der Waals surface area contributed by atoms with Crippen molar-refractivity contribution >= 4 is 11.9 Å². The molecular formula is C20H29NO4. The van der Waals surface area contributed by atoms with Crippen LogP contribution in [0.2, 0.25) is 0 Å². The van der Waals surface area contributed by atoms with E-state index in [-0.39, 0.29) is 17.9 Å². The number of rotatable bonds is 6. The highest BCUT2D eigenvalue weighted by atomic mass is 16.5. The van der Waals surface area contributed by atoms with E-state index in [1.165, 1.54) is 0 Å². The number of amides is 1. The molecule has 1 aromatic carbocycles. The maximum Gasteiger partial charge on any atom is 0.339 e. The molecule has 138 valence electrons. The normalized spacial score (nSPS) is 18.2. The molecule has 0 aromatic heterocycles. The maximum atomic E-state index is 12.7. The topological polar surface area (TPSA) is 64.6 Å². The number of ether oxygens (including phenoxy) is 2. The Morgan fingerprint density at radius 2 is 1.88 bits per heavy atom. The molecule has 1 aliphatic rings. The van der Waals surface area contributed by atoms with E-state index in [4.69, 9.17) is 9.47 Å². The minimum Gasteiger partial charge on any atom is -0.448 e. The summed E-state index contributed by atoms with van der Waals surface area (Å²) in [6, 6.07) is 3.90. The average Bonchev–Trinajstić information content (AvgIpc) is 3.02. The lowest BCUT2D eigenvalue weighted by molar-refractivity contribution is -0.132. The molecule has 5 nitrogen and oxygen atoms in total. The molecule has 0 radical (unpaired) electrons. The van der Waals surface area contributed by atoms with Crippen LogP contribution in [-0.4, -0.2) is 37.2 Å². The molecule has 2 rings (SSSR count). The first-order valence-corrected chi connectivity index (χ1v) is 8.97. The predicted molar refractivity (Wildman–Crippen MR) is 96.7 cm³/mol. The first-order chi connectivity index (χ1) is 11.8. The van der Waals surface area contributed by atoms with Crippen LogP contribution < -0.4 is 5.32 Å². The lowest BCUT2D eigenvalue weighted by Gasteiger charge is -2.22. The van der Waals surface area contributed by atoms with Crippen molar-refractivity contribution in [2.45, 2.75) is 59.7 Å². The molecule has 1 heterocycles. The highest BCUT2D eigenvalue weighted by molar-refractivity contribution is 5.95. The summed E-state index contributed by atoms with van der Waals surface area (Å²) in [6.45, 7) is 10.7. The van der Waals surface area contributed by atoms with Crippen molar-refractivity contribution in [3.05, 3.63) is 34.4 Å². The molecule has 2 atom stereocenters. The number of nitrogens with one attached hydrogen (secondary N) is 1. The monoisotopic (exact) mass is 347 g/mol. The van der Waals surface area contributed by atoms with Crippen molar-refractivity contribution < 1.29 is 19.1 Å². The van der Waals surface area contributed by atoms with Crippen molar-refractivity contribution in [3.63, 3.8) is 0 Å². The van der Waals surface area contributed by atoms with Crippen LogP contribution in [0.4, 0.5) is 0 Å². The number of carbonyl (C=O) groups is 2. The molecule has 1 aromatic rings. The van der Waals surface area contributed by atoms with Gasteiger partial charge in [-0.25, -0.2) is 4.79 Å². The molecule has 1 aliphatic heterocycles. The molecule has 1 fully saturated rings. The zero-order chi connectivity index (χ0) is 18.6. The van der Waals surface area contributed by atoms with Crippen molar-refractivity contribution in [2.75, 3.05) is 13.2 Å². The molecular weight excluding hydrogens is 318 g/mol. The summed E-state index contributed by atoms with van der Waals surface area (Å²) in [5.41, 5.74) is 3.37. The molecule has 0 bridgehead atoms. The molecule has 0 spiro atoms. The number of carbonyl (C=O) groups excluding carboxylic acids is 2. The van der Waals surface area contributed by atoms with Crippen LogP contribution in [0, 0.1) is 26.7 Å². The van der Waals surface area contributed by atoms with E-state index in [0.717, 1.165) is 36.1 Å². The average molecular weight is 347 g/mol. The highest BCUT2D eigenvalue weighted by Crippen LogP contribution is 2.20. The van der Waals surface area contributed by atoms with E-state index < -0.39 is 12.1 Å². The molecule has 0 saturated carbocycles. The van der Waals surface area contributed by atoms with E-state index in [1.54, 1.807) is 0 Å². The molecule has 0 aliphatic carbocycles. The molecule has 1 N–H and O–H groups in total. The van der Waals surface area contributed by atoms with Gasteiger partial charge in [0.1, 0.15) is 0 Å². The summed E-state index contributed by atoms with van der Waals surface area (Å²) in [6.07, 6.45) is 1.23. The van der Waals surface area contributed by atoms with E-state index in [0.29, 0.717) is 12.1 Å². The van der Waals surface area contributed by atoms with E-state index in [1.807, 2.05) is 46.8 Å². The van der Waals surface area contributed by atoms with Gasteiger partial charge in [0.2, 0.25) is 0 Å². The van der Waals surface area contributed by atoms with Gasteiger partial charge < -0.3 is 14.8 Å². The third-order valence-electron chi connectivity index (χ3n) is 4.51. The van der Waals surface area contributed by atoms with Crippen LogP contribution in [0.5, 0.6) is 0 Å². The Morgan fingerprint density at radius 3 is 2.40 bits per heavy atom. The summed E-state index contributed by atoms with van der Waals surface area (Å²) < 4.78 is 11.1. The first-order valence-electron chi connectivity index (χ1n) is 8.97. The Balaban J connectivity index is 2.05. The van der Waals surface area contributed by atoms with Gasteiger partial charge >= 0.3 is 5.97 Å². The fourth-order valence-corrected chi connectivity index (χ4v) is 3.29. The van der Waals surface area contributed by atoms with Gasteiger partial charge in [0, 0.05) is 13.2 Å². The second kappa shape index (κ2) is 8.48. The minimum atomic E-state index is -0.811. The van der Waals surface area contributed by atoms with Crippen molar-refractivity contribution in [1.29, 1.82) is 0 Å². The lowest BCUT2D eigenvalue weighted by atomic mass is 9.99. The Morgan fingerprint density at radius 1 is 1.24 bits per heavy atom. The summed E-state index contributed by atoms with van der Waals surface area (Å²) in [5.74, 6) is -0.818. The Bertz CT molecular complexity index is 610. The van der Waals surface area contributed by atoms with Crippen molar-refractivity contribution in [3.8, 4) is 0 Å². The zero-order valence-electron chi connectivity index (χ0n) is 15.8. The van der Waals surface area contributed by atoms with Crippen LogP contribution >= 0.6 is 0 Å². The Kier molecular flexibility index (Phi) is 6.59. The highest BCUT2D eigenvalue weighted by Gasteiger charge is 2.29. The van der Waals surface area contributed by atoms with Crippen molar-refractivity contribution in [2.24, 2.45) is 5.92 Å². The SMILES string of the molecule is Cc1cc(C)c(C(=O)OC(C(=O)NCC2CCCO2)C(C)C)c(C)c1. The summed E-state index contributed by atoms with van der Waals surface area (Å²) >= 11 is 0. The maximum absolute atomic E-state index is 12.7. The van der Waals surface area contributed by atoms with Gasteiger partial charge in [-0.15, -0.1) is 0 Å². The van der Waals surface area contributed by atoms with Crippen LogP contribution in [0.25, 0.3) is 0 Å². The smallest absolute Gasteiger partial charge is 0.339 e. The number of benzene rings is 1. The van der Waals surface area contributed by atoms with Gasteiger partial charge in [-0.1, -0.05) is 31.5 Å². The second-order valence-corrected chi connectivity index (χ2v) is 7.22. The number of aryl methyl sites for hydroxylation is 3. The number of esters is 1. The molecule has 5 heteroatoms. The van der Waals surface area contributed by atoms with Crippen LogP contribution in [0.1, 0.15) is 53.7 Å². The summed E-state index contributed by atoms with van der Waals surface area (Å²) in [5, 5.41) is 2.86. The molecule has 2 unspecified atom stereocenters. The van der Waals surface area contributed by atoms with Gasteiger partial charge in [0.05, 0.1) is 11.7 Å². The predicted octanol–water partition coefficient (Wildman–Crippen LogP) is 3.09. The van der Waals surface area contributed by atoms with Gasteiger partial charge in [-0.2, -0.15) is 0 Å². The zero-order valence-corrected chi connectivity index (χ0v) is 15.8. The first kappa shape index (κ1) is 19.4. The van der Waals surface area contributed by atoms with Gasteiger partial charge in [-0.3, -0.25) is 4.79 Å². The largest absolute Gasteiger partial charge is 0.448 e. The quantitative estimate of drug-likeness (QED) is 0.803. The van der Waals surface area contributed by atoms with Crippen LogP contribution in [0.15, 0.2) is 12.1 Å². The standard InChI is InChI=1S/C20H29NO4/c1-12(2)18(19(22)21-11-16-7-6-8-24-16)25-20(23)17-14(4)9-13(3)10-15(17)5/h9-10,12,16,18H,6-8,11H2,1-5H3,(H,21,22). The Hall–Kier alpha value is -1.88. The van der Waals surface area contributed by atoms with E-state index in [2.05, 4.69) is 5.32 Å². The molecule has 1 saturated heterocycles. The van der Waals surface area contributed by atoms with Crippen LogP contribution in [0.3, 0.4) is 0 Å². The minimum absolute atomic E-state index is 0.0639. The second-order valence-electron chi connectivity index (χ2n) is 7.22. The fourth-order valence-electron chi connectivity index (χ4n) is 3.29. The number of hydrogen-bond acceptors (Lipinski definition) is 4. The number of hydrogen-bond donors (Lipinski definition) is 1. The van der Waals surface area contributed by atoms with Crippen LogP contribution in [-0.2, 0) is 14.3 Å². The molecule has 25 heavy (non-hydrogen) atoms. The summed E-state index contributed by atoms with van der Waals surface area (Å²) in [7, 11) is 0. The third kappa shape index (κ3) is 5.05. The third-order valence-corrected chi connectivity index (χ3v) is 4.51. The molecule has 1 amide bonds. The van der Waals surface area contributed by atoms with Crippen molar-refractivity contribution in [1.82, 2.24) is 5.32 Å². The van der Waals surface area contributed by atoms with Gasteiger partial charge in [-0.05, 0) is 50.7 Å². The van der Waals surface area contributed by atoms with Gasteiger partial charge in [0.25, 0.3) is 5.91 Å². The fraction of sp³-hybridized carbons (Fsp3) is 0.600. The lowest BCUT2D eigenvalue weighted by Crippen LogP contribution is -2.43.